The molecule has 3 unspecified atom stereocenters. The molecule has 10 nitrogen and oxygen atoms in total. The van der Waals surface area contributed by atoms with Gasteiger partial charge in [-0.2, -0.15) is 0 Å². The molecule has 2 aromatic rings. The zero-order chi connectivity index (χ0) is 29.1. The Balaban J connectivity index is 1.68. The Bertz CT molecular complexity index is 1210. The van der Waals surface area contributed by atoms with E-state index >= 15 is 0 Å². The molecule has 0 bridgehead atoms. The van der Waals surface area contributed by atoms with E-state index in [-0.39, 0.29) is 12.2 Å². The number of amides is 3. The standard InChI is InChI=1S/C30H37N3O7/c1-30(28(37)31-2,29(38)32-40-26-8-4-5-20-39-26)33(3)27(36)24-17-13-22(14-18-24)10-9-21-11-15-23(16-12-21)25(35)7-6-19-34/h11-18,25-26,34-35H,4-8,19-20H2,1-3H3,(H,31,37)(H,32,38). The van der Waals surface area contributed by atoms with Crippen LogP contribution in [0.2, 0.25) is 0 Å². The molecule has 4 N–H and O–H groups in total. The quantitative estimate of drug-likeness (QED) is 0.201. The zero-order valence-corrected chi connectivity index (χ0v) is 23.1. The van der Waals surface area contributed by atoms with E-state index in [1.807, 2.05) is 12.1 Å². The SMILES string of the molecule is CNC(=O)C(C)(C(=O)NOC1CCCCO1)N(C)C(=O)c1ccc(C#Cc2ccc(C(O)CCCO)cc2)cc1. The van der Waals surface area contributed by atoms with E-state index in [9.17, 15) is 19.5 Å². The number of rotatable bonds is 10. The molecule has 1 aliphatic rings. The van der Waals surface area contributed by atoms with Crippen LogP contribution in [0.4, 0.5) is 0 Å². The number of hydroxylamine groups is 1. The maximum absolute atomic E-state index is 13.3. The maximum Gasteiger partial charge on any atom is 0.279 e. The highest BCUT2D eigenvalue weighted by atomic mass is 16.8. The van der Waals surface area contributed by atoms with Crippen LogP contribution in [0.15, 0.2) is 48.5 Å². The van der Waals surface area contributed by atoms with Gasteiger partial charge in [-0.3, -0.25) is 14.4 Å². The van der Waals surface area contributed by atoms with E-state index in [0.717, 1.165) is 28.9 Å². The van der Waals surface area contributed by atoms with Gasteiger partial charge in [-0.1, -0.05) is 24.0 Å². The van der Waals surface area contributed by atoms with E-state index < -0.39 is 35.7 Å². The van der Waals surface area contributed by atoms with Gasteiger partial charge in [0.1, 0.15) is 0 Å². The first kappa shape index (κ1) is 30.8. The third-order valence-corrected chi connectivity index (χ3v) is 6.92. The van der Waals surface area contributed by atoms with Gasteiger partial charge in [0.15, 0.2) is 11.8 Å². The lowest BCUT2D eigenvalue weighted by Gasteiger charge is -2.36. The van der Waals surface area contributed by atoms with Crippen LogP contribution in [-0.2, 0) is 19.2 Å². The molecule has 0 radical (unpaired) electrons. The summed E-state index contributed by atoms with van der Waals surface area (Å²) in [5.74, 6) is 4.07. The Morgan fingerprint density at radius 3 is 2.25 bits per heavy atom. The normalized spacial score (nSPS) is 17.0. The fraction of sp³-hybridized carbons (Fsp3) is 0.433. The Kier molecular flexibility index (Phi) is 11.2. The molecule has 0 aliphatic carbocycles. The van der Waals surface area contributed by atoms with Gasteiger partial charge < -0.3 is 25.2 Å². The molecule has 1 saturated heterocycles. The minimum absolute atomic E-state index is 0.0369. The number of carbonyl (C=O) groups excluding carboxylic acids is 3. The molecular weight excluding hydrogens is 514 g/mol. The summed E-state index contributed by atoms with van der Waals surface area (Å²) in [6, 6.07) is 13.8. The second-order valence-electron chi connectivity index (χ2n) is 9.69. The summed E-state index contributed by atoms with van der Waals surface area (Å²) in [7, 11) is 2.77. The molecule has 1 aliphatic heterocycles. The lowest BCUT2D eigenvalue weighted by atomic mass is 9.96. The largest absolute Gasteiger partial charge is 0.396 e. The van der Waals surface area contributed by atoms with Crippen molar-refractivity contribution in [1.82, 2.24) is 15.7 Å². The fourth-order valence-corrected chi connectivity index (χ4v) is 4.15. The Labute approximate surface area is 234 Å². The smallest absolute Gasteiger partial charge is 0.279 e. The first-order valence-corrected chi connectivity index (χ1v) is 13.3. The number of nitrogens with zero attached hydrogens (tertiary/aromatic N) is 1. The molecule has 3 rings (SSSR count). The van der Waals surface area contributed by atoms with Crippen LogP contribution >= 0.6 is 0 Å². The molecular formula is C30H37N3O7. The van der Waals surface area contributed by atoms with Crippen molar-refractivity contribution in [2.45, 2.75) is 57.0 Å². The molecule has 3 amide bonds. The summed E-state index contributed by atoms with van der Waals surface area (Å²) < 4.78 is 5.44. The zero-order valence-electron chi connectivity index (χ0n) is 23.1. The highest BCUT2D eigenvalue weighted by Gasteiger charge is 2.47. The lowest BCUT2D eigenvalue weighted by molar-refractivity contribution is -0.204. The molecule has 1 heterocycles. The summed E-state index contributed by atoms with van der Waals surface area (Å²) in [5, 5.41) is 21.5. The van der Waals surface area contributed by atoms with Gasteiger partial charge in [0.05, 0.1) is 6.10 Å². The minimum atomic E-state index is -1.89. The first-order valence-electron chi connectivity index (χ1n) is 13.3. The third kappa shape index (κ3) is 7.67. The van der Waals surface area contributed by atoms with Crippen LogP contribution in [0.3, 0.4) is 0 Å². The minimum Gasteiger partial charge on any atom is -0.396 e. The van der Waals surface area contributed by atoms with E-state index in [1.54, 1.807) is 36.4 Å². The van der Waals surface area contributed by atoms with E-state index in [1.165, 1.54) is 21.0 Å². The number of likely N-dealkylation sites (N-methyl/N-ethyl adjacent to an activating group) is 2. The Hall–Kier alpha value is -3.75. The molecule has 1 fully saturated rings. The summed E-state index contributed by atoms with van der Waals surface area (Å²) in [6.07, 6.45) is 2.19. The molecule has 40 heavy (non-hydrogen) atoms. The molecule has 2 aromatic carbocycles. The highest BCUT2D eigenvalue weighted by Crippen LogP contribution is 2.20. The lowest BCUT2D eigenvalue weighted by Crippen LogP contribution is -2.65. The average molecular weight is 552 g/mol. The van der Waals surface area contributed by atoms with Gasteiger partial charge in [-0.25, -0.2) is 10.3 Å². The van der Waals surface area contributed by atoms with Gasteiger partial charge in [-0.05, 0) is 74.6 Å². The van der Waals surface area contributed by atoms with E-state index in [0.29, 0.717) is 31.4 Å². The molecule has 3 atom stereocenters. The van der Waals surface area contributed by atoms with Crippen molar-refractivity contribution in [3.8, 4) is 11.8 Å². The first-order chi connectivity index (χ1) is 19.2. The summed E-state index contributed by atoms with van der Waals surface area (Å²) in [6.45, 7) is 1.91. The average Bonchev–Trinajstić information content (AvgIpc) is 3.00. The van der Waals surface area contributed by atoms with Crippen LogP contribution in [0.25, 0.3) is 0 Å². The van der Waals surface area contributed by atoms with Gasteiger partial charge in [0, 0.05) is 50.4 Å². The Morgan fingerprint density at radius 1 is 1.07 bits per heavy atom. The van der Waals surface area contributed by atoms with Crippen molar-refractivity contribution in [3.63, 3.8) is 0 Å². The van der Waals surface area contributed by atoms with Crippen LogP contribution < -0.4 is 10.8 Å². The Morgan fingerprint density at radius 2 is 1.70 bits per heavy atom. The van der Waals surface area contributed by atoms with Crippen LogP contribution in [0, 0.1) is 11.8 Å². The van der Waals surface area contributed by atoms with Crippen molar-refractivity contribution < 1.29 is 34.2 Å². The highest BCUT2D eigenvalue weighted by molar-refractivity contribution is 6.12. The topological polar surface area (TPSA) is 137 Å². The van der Waals surface area contributed by atoms with Gasteiger partial charge in [0.2, 0.25) is 0 Å². The van der Waals surface area contributed by atoms with Crippen LogP contribution in [-0.4, -0.2) is 72.0 Å². The molecule has 0 spiro atoms. The van der Waals surface area contributed by atoms with Crippen molar-refractivity contribution in [1.29, 1.82) is 0 Å². The van der Waals surface area contributed by atoms with Crippen molar-refractivity contribution in [2.24, 2.45) is 0 Å². The predicted molar refractivity (Wildman–Crippen MR) is 148 cm³/mol. The second-order valence-corrected chi connectivity index (χ2v) is 9.69. The van der Waals surface area contributed by atoms with Crippen LogP contribution in [0.1, 0.15) is 72.2 Å². The molecule has 214 valence electrons. The number of hydrogen-bond donors (Lipinski definition) is 4. The number of hydrogen-bond acceptors (Lipinski definition) is 7. The van der Waals surface area contributed by atoms with Crippen molar-refractivity contribution in [3.05, 3.63) is 70.8 Å². The number of carbonyl (C=O) groups is 3. The monoisotopic (exact) mass is 551 g/mol. The number of aliphatic hydroxyl groups is 2. The number of benzene rings is 2. The van der Waals surface area contributed by atoms with Gasteiger partial charge in [-0.15, -0.1) is 0 Å². The molecule has 0 aromatic heterocycles. The summed E-state index contributed by atoms with van der Waals surface area (Å²) in [4.78, 5) is 45.6. The number of nitrogens with one attached hydrogen (secondary N) is 2. The van der Waals surface area contributed by atoms with Crippen LogP contribution in [0.5, 0.6) is 0 Å². The van der Waals surface area contributed by atoms with E-state index in [2.05, 4.69) is 22.6 Å². The third-order valence-electron chi connectivity index (χ3n) is 6.92. The number of aliphatic hydroxyl groups excluding tert-OH is 2. The number of ether oxygens (including phenoxy) is 1. The van der Waals surface area contributed by atoms with E-state index in [4.69, 9.17) is 14.7 Å². The maximum atomic E-state index is 13.3. The molecule has 10 heteroatoms. The van der Waals surface area contributed by atoms with Gasteiger partial charge >= 0.3 is 0 Å². The van der Waals surface area contributed by atoms with Gasteiger partial charge in [0.25, 0.3) is 17.7 Å². The molecule has 0 saturated carbocycles. The van der Waals surface area contributed by atoms with Crippen molar-refractivity contribution >= 4 is 17.7 Å². The van der Waals surface area contributed by atoms with Crippen molar-refractivity contribution in [2.75, 3.05) is 27.3 Å². The summed E-state index contributed by atoms with van der Waals surface area (Å²) >= 11 is 0. The second kappa shape index (κ2) is 14.6. The fourth-order valence-electron chi connectivity index (χ4n) is 4.15. The summed E-state index contributed by atoms with van der Waals surface area (Å²) in [5.41, 5.74) is 2.86. The predicted octanol–water partition coefficient (Wildman–Crippen LogP) is 2.04.